The van der Waals surface area contributed by atoms with Crippen LogP contribution in [0.2, 0.25) is 0 Å². The van der Waals surface area contributed by atoms with Crippen LogP contribution < -0.4 is 0 Å². The quantitative estimate of drug-likeness (QED) is 0.356. The summed E-state index contributed by atoms with van der Waals surface area (Å²) in [5.41, 5.74) is 0.0419. The number of hydrogen-bond acceptors (Lipinski definition) is 5. The minimum absolute atomic E-state index is 0.254. The Morgan fingerprint density at radius 1 is 0.913 bits per heavy atom. The highest BCUT2D eigenvalue weighted by Gasteiger charge is 2.23. The van der Waals surface area contributed by atoms with E-state index in [0.29, 0.717) is 5.69 Å². The number of benzene rings is 2. The lowest BCUT2D eigenvalue weighted by Crippen LogP contribution is -2.15. The molecule has 0 aliphatic heterocycles. The summed E-state index contributed by atoms with van der Waals surface area (Å²) in [6.07, 6.45) is 0. The average Bonchev–Trinajstić information content (AvgIpc) is 2.56. The smallest absolute Gasteiger partial charge is 0.379 e. The Labute approximate surface area is 139 Å². The van der Waals surface area contributed by atoms with Crippen LogP contribution in [0, 0.1) is 0 Å². The predicted molar refractivity (Wildman–Crippen MR) is 87.3 cm³/mol. The first-order chi connectivity index (χ1) is 11.0. The van der Waals surface area contributed by atoms with Gasteiger partial charge in [0.25, 0.3) is 5.78 Å². The van der Waals surface area contributed by atoms with Gasteiger partial charge in [0.15, 0.2) is 11.5 Å². The molecule has 7 heteroatoms. The highest BCUT2D eigenvalue weighted by atomic mass is 79.9. The summed E-state index contributed by atoms with van der Waals surface area (Å²) in [7, 11) is 0. The molecule has 2 aromatic carbocycles. The number of aliphatic carboxylic acids is 1. The van der Waals surface area contributed by atoms with E-state index in [0.717, 1.165) is 4.47 Å². The van der Waals surface area contributed by atoms with Crippen molar-refractivity contribution in [1.29, 1.82) is 0 Å². The molecule has 23 heavy (non-hydrogen) atoms. The van der Waals surface area contributed by atoms with Crippen molar-refractivity contribution in [3.8, 4) is 0 Å². The van der Waals surface area contributed by atoms with Gasteiger partial charge in [0.2, 0.25) is 0 Å². The number of aliphatic hydroxyl groups is 1. The average molecular weight is 375 g/mol. The summed E-state index contributed by atoms with van der Waals surface area (Å²) in [6.45, 7) is 0. The SMILES string of the molecule is O=C(O)C(=O)/C(N=Nc1ccccc1)=C(/O)c1ccc(Br)cc1. The van der Waals surface area contributed by atoms with Gasteiger partial charge >= 0.3 is 5.97 Å². The van der Waals surface area contributed by atoms with Gasteiger partial charge in [-0.25, -0.2) is 4.79 Å². The molecule has 0 aliphatic rings. The summed E-state index contributed by atoms with van der Waals surface area (Å²) >= 11 is 3.24. The van der Waals surface area contributed by atoms with Gasteiger partial charge in [-0.2, -0.15) is 5.11 Å². The van der Waals surface area contributed by atoms with E-state index in [2.05, 4.69) is 26.2 Å². The second-order valence-electron chi connectivity index (χ2n) is 4.37. The first-order valence-corrected chi connectivity index (χ1v) is 7.22. The first-order valence-electron chi connectivity index (χ1n) is 6.42. The number of ketones is 1. The number of carboxylic acids is 1. The van der Waals surface area contributed by atoms with Crippen molar-refractivity contribution in [2.45, 2.75) is 0 Å². The predicted octanol–water partition coefficient (Wildman–Crippen LogP) is 4.11. The molecule has 0 radical (unpaired) electrons. The number of rotatable bonds is 5. The second kappa shape index (κ2) is 7.46. The lowest BCUT2D eigenvalue weighted by molar-refractivity contribution is -0.147. The Bertz CT molecular complexity index is 783. The fourth-order valence-corrected chi connectivity index (χ4v) is 1.91. The fourth-order valence-electron chi connectivity index (χ4n) is 1.65. The van der Waals surface area contributed by atoms with Crippen LogP contribution in [0.1, 0.15) is 5.56 Å². The third-order valence-electron chi connectivity index (χ3n) is 2.77. The van der Waals surface area contributed by atoms with Crippen LogP contribution in [0.15, 0.2) is 75.0 Å². The van der Waals surface area contributed by atoms with Crippen molar-refractivity contribution < 1.29 is 19.8 Å². The van der Waals surface area contributed by atoms with Crippen molar-refractivity contribution in [2.24, 2.45) is 10.2 Å². The molecule has 0 saturated heterocycles. The van der Waals surface area contributed by atoms with Crippen molar-refractivity contribution in [3.05, 3.63) is 70.3 Å². The summed E-state index contributed by atoms with van der Waals surface area (Å²) in [5.74, 6) is -3.62. The Morgan fingerprint density at radius 3 is 2.09 bits per heavy atom. The van der Waals surface area contributed by atoms with Crippen LogP contribution in [0.4, 0.5) is 5.69 Å². The van der Waals surface area contributed by atoms with E-state index in [1.54, 1.807) is 42.5 Å². The molecule has 0 aromatic heterocycles. The molecule has 6 nitrogen and oxygen atoms in total. The Balaban J connectivity index is 2.47. The Morgan fingerprint density at radius 2 is 1.52 bits per heavy atom. The maximum atomic E-state index is 11.8. The number of aliphatic hydroxyl groups excluding tert-OH is 1. The Kier molecular flexibility index (Phi) is 5.37. The highest BCUT2D eigenvalue weighted by molar-refractivity contribution is 9.10. The topological polar surface area (TPSA) is 99.3 Å². The minimum Gasteiger partial charge on any atom is -0.505 e. The van der Waals surface area contributed by atoms with Gasteiger partial charge in [-0.1, -0.05) is 46.3 Å². The van der Waals surface area contributed by atoms with Gasteiger partial charge in [0, 0.05) is 10.0 Å². The molecule has 116 valence electrons. The van der Waals surface area contributed by atoms with Gasteiger partial charge < -0.3 is 10.2 Å². The summed E-state index contributed by atoms with van der Waals surface area (Å²) in [4.78, 5) is 22.7. The third kappa shape index (κ3) is 4.33. The van der Waals surface area contributed by atoms with E-state index < -0.39 is 23.2 Å². The molecular formula is C16H11BrN2O4. The van der Waals surface area contributed by atoms with E-state index in [9.17, 15) is 14.7 Å². The van der Waals surface area contributed by atoms with Gasteiger partial charge in [0.1, 0.15) is 0 Å². The maximum absolute atomic E-state index is 11.8. The number of hydrogen-bond donors (Lipinski definition) is 2. The lowest BCUT2D eigenvalue weighted by Gasteiger charge is -2.04. The molecule has 2 rings (SSSR count). The number of halogens is 1. The molecular weight excluding hydrogens is 364 g/mol. The molecule has 0 saturated carbocycles. The molecule has 0 unspecified atom stereocenters. The van der Waals surface area contributed by atoms with Crippen molar-refractivity contribution in [2.75, 3.05) is 0 Å². The van der Waals surface area contributed by atoms with Crippen LogP contribution in [-0.4, -0.2) is 22.0 Å². The van der Waals surface area contributed by atoms with Crippen molar-refractivity contribution >= 4 is 39.1 Å². The molecule has 2 aromatic rings. The number of carbonyl (C=O) groups is 2. The zero-order valence-corrected chi connectivity index (χ0v) is 13.3. The number of Topliss-reactive ketones (excluding diaryl/α,β-unsaturated/α-hetero) is 1. The van der Waals surface area contributed by atoms with Crippen LogP contribution in [-0.2, 0) is 9.59 Å². The summed E-state index contributed by atoms with van der Waals surface area (Å²) in [6, 6.07) is 14.8. The number of azo groups is 1. The minimum atomic E-state index is -1.73. The third-order valence-corrected chi connectivity index (χ3v) is 3.30. The van der Waals surface area contributed by atoms with Gasteiger partial charge in [-0.15, -0.1) is 5.11 Å². The molecule has 0 amide bonds. The van der Waals surface area contributed by atoms with E-state index >= 15 is 0 Å². The highest BCUT2D eigenvalue weighted by Crippen LogP contribution is 2.22. The molecule has 0 bridgehead atoms. The standard InChI is InChI=1S/C16H11BrN2O4/c17-11-8-6-10(7-9-11)14(20)13(15(21)16(22)23)19-18-12-4-2-1-3-5-12/h1-9,20H,(H,22,23)/b14-13-,19-18?. The summed E-state index contributed by atoms with van der Waals surface area (Å²) < 4.78 is 0.770. The van der Waals surface area contributed by atoms with Crippen molar-refractivity contribution in [3.63, 3.8) is 0 Å². The van der Waals surface area contributed by atoms with E-state index in [1.165, 1.54) is 12.1 Å². The molecule has 2 N–H and O–H groups in total. The van der Waals surface area contributed by atoms with Crippen LogP contribution in [0.25, 0.3) is 5.76 Å². The second-order valence-corrected chi connectivity index (χ2v) is 5.29. The summed E-state index contributed by atoms with van der Waals surface area (Å²) in [5, 5.41) is 26.5. The first kappa shape index (κ1) is 16.6. The van der Waals surface area contributed by atoms with E-state index in [-0.39, 0.29) is 5.56 Å². The number of nitrogens with zero attached hydrogens (tertiary/aromatic N) is 2. The van der Waals surface area contributed by atoms with Gasteiger partial charge in [-0.3, -0.25) is 4.79 Å². The van der Waals surface area contributed by atoms with E-state index in [4.69, 9.17) is 5.11 Å². The zero-order valence-electron chi connectivity index (χ0n) is 11.7. The number of carboxylic acid groups (broad SMARTS) is 1. The molecule has 0 heterocycles. The molecule has 0 atom stereocenters. The normalized spacial score (nSPS) is 12.0. The monoisotopic (exact) mass is 374 g/mol. The fraction of sp³-hybridized carbons (Fsp3) is 0. The van der Waals surface area contributed by atoms with Crippen LogP contribution in [0.3, 0.4) is 0 Å². The van der Waals surface area contributed by atoms with Gasteiger partial charge in [0.05, 0.1) is 5.69 Å². The van der Waals surface area contributed by atoms with E-state index in [1.807, 2.05) is 0 Å². The van der Waals surface area contributed by atoms with Crippen LogP contribution >= 0.6 is 15.9 Å². The largest absolute Gasteiger partial charge is 0.505 e. The molecule has 0 spiro atoms. The Hall–Kier alpha value is -2.80. The zero-order chi connectivity index (χ0) is 16.8. The maximum Gasteiger partial charge on any atom is 0.379 e. The van der Waals surface area contributed by atoms with Crippen molar-refractivity contribution in [1.82, 2.24) is 0 Å². The molecule has 0 aliphatic carbocycles. The lowest BCUT2D eigenvalue weighted by atomic mass is 10.1. The van der Waals surface area contributed by atoms with Crippen LogP contribution in [0.5, 0.6) is 0 Å². The molecule has 0 fully saturated rings. The van der Waals surface area contributed by atoms with Gasteiger partial charge in [-0.05, 0) is 24.3 Å². The number of carbonyl (C=O) groups excluding carboxylic acids is 1.